The van der Waals surface area contributed by atoms with E-state index in [1.165, 1.54) is 186 Å². The van der Waals surface area contributed by atoms with Gasteiger partial charge in [0.2, 0.25) is 5.91 Å². The Kier molecular flexibility index (Phi) is 49.0. The summed E-state index contributed by atoms with van der Waals surface area (Å²) >= 11 is 0. The first kappa shape index (κ1) is 60.3. The fourth-order valence-electron chi connectivity index (χ4n) is 8.65. The molecule has 0 aliphatic heterocycles. The lowest BCUT2D eigenvalue weighted by atomic mass is 10.0. The van der Waals surface area contributed by atoms with Crippen LogP contribution in [-0.4, -0.2) is 46.9 Å². The van der Waals surface area contributed by atoms with Gasteiger partial charge in [0.1, 0.15) is 6.10 Å². The summed E-state index contributed by atoms with van der Waals surface area (Å²) < 4.78 is 5.95. The molecule has 0 aromatic carbocycles. The Morgan fingerprint density at radius 1 is 0.484 bits per heavy atom. The van der Waals surface area contributed by atoms with Crippen molar-refractivity contribution in [2.45, 2.75) is 315 Å². The molecule has 0 spiro atoms. The molecule has 6 nitrogen and oxygen atoms in total. The van der Waals surface area contributed by atoms with E-state index < -0.39 is 18.2 Å². The molecular weight excluding hydrogens is 767 g/mol. The van der Waals surface area contributed by atoms with Crippen molar-refractivity contribution in [3.05, 3.63) is 24.3 Å². The van der Waals surface area contributed by atoms with Crippen molar-refractivity contribution in [2.75, 3.05) is 6.61 Å². The Morgan fingerprint density at radius 3 is 1.31 bits per heavy atom. The Labute approximate surface area is 386 Å². The first-order valence-electron chi connectivity index (χ1n) is 27.6. The number of aliphatic hydroxyl groups excluding tert-OH is 2. The summed E-state index contributed by atoms with van der Waals surface area (Å²) in [5.74, 6) is -0.465. The quantitative estimate of drug-likeness (QED) is 0.0321. The summed E-state index contributed by atoms with van der Waals surface area (Å²) in [4.78, 5) is 26.2. The average molecular weight is 874 g/mol. The zero-order chi connectivity index (χ0) is 45.2. The smallest absolute Gasteiger partial charge is 0.306 e. The van der Waals surface area contributed by atoms with E-state index in [0.717, 1.165) is 64.2 Å². The Morgan fingerprint density at radius 2 is 0.871 bits per heavy atom. The second kappa shape index (κ2) is 50.3. The highest BCUT2D eigenvalue weighted by Crippen LogP contribution is 2.19. The van der Waals surface area contributed by atoms with Gasteiger partial charge in [0, 0.05) is 6.42 Å². The lowest BCUT2D eigenvalue weighted by Crippen LogP contribution is -2.46. The van der Waals surface area contributed by atoms with Crippen LogP contribution < -0.4 is 5.32 Å². The van der Waals surface area contributed by atoms with Crippen molar-refractivity contribution in [3.8, 4) is 0 Å². The van der Waals surface area contributed by atoms with E-state index in [1.807, 2.05) is 0 Å². The van der Waals surface area contributed by atoms with Gasteiger partial charge in [-0.05, 0) is 51.4 Å². The number of nitrogens with one attached hydrogen (secondary N) is 1. The van der Waals surface area contributed by atoms with E-state index in [-0.39, 0.29) is 24.9 Å². The molecule has 0 saturated heterocycles. The maximum Gasteiger partial charge on any atom is 0.306 e. The molecule has 0 fully saturated rings. The second-order valence-electron chi connectivity index (χ2n) is 19.0. The van der Waals surface area contributed by atoms with Gasteiger partial charge in [-0.3, -0.25) is 9.59 Å². The van der Waals surface area contributed by atoms with Gasteiger partial charge in [-0.1, -0.05) is 257 Å². The predicted octanol–water partition coefficient (Wildman–Crippen LogP) is 16.7. The number of hydrogen-bond acceptors (Lipinski definition) is 5. The molecule has 0 aliphatic rings. The van der Waals surface area contributed by atoms with Gasteiger partial charge in [-0.25, -0.2) is 0 Å². The molecule has 0 aliphatic carbocycles. The van der Waals surface area contributed by atoms with Crippen molar-refractivity contribution in [1.29, 1.82) is 0 Å². The van der Waals surface area contributed by atoms with Crippen molar-refractivity contribution in [1.82, 2.24) is 5.32 Å². The summed E-state index contributed by atoms with van der Waals surface area (Å²) in [5, 5.41) is 23.8. The lowest BCUT2D eigenvalue weighted by Gasteiger charge is -2.24. The number of ether oxygens (including phenoxy) is 1. The summed E-state index contributed by atoms with van der Waals surface area (Å²) in [6, 6.07) is -0.698. The van der Waals surface area contributed by atoms with Crippen LogP contribution in [-0.2, 0) is 14.3 Å². The van der Waals surface area contributed by atoms with Crippen molar-refractivity contribution in [3.63, 3.8) is 0 Å². The molecule has 3 N–H and O–H groups in total. The van der Waals surface area contributed by atoms with E-state index >= 15 is 0 Å². The number of allylic oxidation sites excluding steroid dienone is 4. The van der Waals surface area contributed by atoms with Gasteiger partial charge < -0.3 is 20.3 Å². The molecule has 6 heteroatoms. The van der Waals surface area contributed by atoms with Gasteiger partial charge in [0.05, 0.1) is 25.2 Å². The van der Waals surface area contributed by atoms with Gasteiger partial charge in [0.15, 0.2) is 0 Å². The predicted molar refractivity (Wildman–Crippen MR) is 269 cm³/mol. The molecule has 0 saturated carbocycles. The molecule has 0 aromatic rings. The van der Waals surface area contributed by atoms with Crippen LogP contribution in [0.4, 0.5) is 0 Å². The number of carbonyl (C=O) groups is 2. The van der Waals surface area contributed by atoms with Crippen molar-refractivity contribution >= 4 is 11.9 Å². The van der Waals surface area contributed by atoms with Crippen LogP contribution in [0.25, 0.3) is 0 Å². The van der Waals surface area contributed by atoms with E-state index in [9.17, 15) is 19.8 Å². The lowest BCUT2D eigenvalue weighted by molar-refractivity contribution is -0.151. The first-order valence-corrected chi connectivity index (χ1v) is 27.6. The van der Waals surface area contributed by atoms with Crippen LogP contribution in [0.15, 0.2) is 24.3 Å². The fourth-order valence-corrected chi connectivity index (χ4v) is 8.65. The van der Waals surface area contributed by atoms with Crippen LogP contribution >= 0.6 is 0 Å². The van der Waals surface area contributed by atoms with E-state index in [4.69, 9.17) is 4.74 Å². The zero-order valence-electron chi connectivity index (χ0n) is 41.8. The zero-order valence-corrected chi connectivity index (χ0v) is 41.8. The van der Waals surface area contributed by atoms with E-state index in [0.29, 0.717) is 19.3 Å². The highest BCUT2D eigenvalue weighted by molar-refractivity contribution is 5.77. The Bertz CT molecular complexity index is 981. The second-order valence-corrected chi connectivity index (χ2v) is 19.0. The minimum Gasteiger partial charge on any atom is -0.462 e. The van der Waals surface area contributed by atoms with Crippen LogP contribution in [0.2, 0.25) is 0 Å². The third-order valence-corrected chi connectivity index (χ3v) is 12.8. The summed E-state index contributed by atoms with van der Waals surface area (Å²) in [5.41, 5.74) is 0. The summed E-state index contributed by atoms with van der Waals surface area (Å²) in [6.07, 6.45) is 58.1. The molecule has 0 radical (unpaired) electrons. The molecule has 0 heterocycles. The number of rotatable bonds is 50. The van der Waals surface area contributed by atoms with Crippen LogP contribution in [0.5, 0.6) is 0 Å². The number of unbranched alkanes of at least 4 members (excludes halogenated alkanes) is 34. The molecular formula is C56H107NO5. The largest absolute Gasteiger partial charge is 0.462 e. The van der Waals surface area contributed by atoms with Gasteiger partial charge in [-0.15, -0.1) is 0 Å². The molecule has 0 bridgehead atoms. The maximum absolute atomic E-state index is 13.2. The number of hydrogen-bond donors (Lipinski definition) is 3. The number of amides is 1. The highest BCUT2D eigenvalue weighted by Gasteiger charge is 2.24. The molecule has 62 heavy (non-hydrogen) atoms. The minimum absolute atomic E-state index is 0.0804. The standard InChI is InChI=1S/C56H107NO5/c1-4-7-10-13-16-19-22-25-27-28-29-30-32-35-38-41-44-47-52(62-56(61)49-46-43-40-37-34-31-26-23-20-17-14-11-8-5-2)50-55(60)57-53(51-58)54(59)48-45-42-39-36-33-24-21-18-15-12-9-6-3/h8,11,17,20,52-54,58-59H,4-7,9-10,12-16,18-19,21-51H2,1-3H3,(H,57,60)/b11-8+,20-17+. The number of aliphatic hydroxyl groups is 2. The third kappa shape index (κ3) is 44.9. The summed E-state index contributed by atoms with van der Waals surface area (Å²) in [7, 11) is 0. The number of esters is 1. The molecule has 1 amide bonds. The molecule has 0 aromatic heterocycles. The monoisotopic (exact) mass is 874 g/mol. The molecule has 3 unspecified atom stereocenters. The normalized spacial score (nSPS) is 13.3. The number of carbonyl (C=O) groups excluding carboxylic acids is 2. The minimum atomic E-state index is -0.784. The topological polar surface area (TPSA) is 95.9 Å². The maximum atomic E-state index is 13.2. The van der Waals surface area contributed by atoms with E-state index in [1.54, 1.807) is 0 Å². The van der Waals surface area contributed by atoms with E-state index in [2.05, 4.69) is 50.4 Å². The average Bonchev–Trinajstić information content (AvgIpc) is 3.26. The van der Waals surface area contributed by atoms with Gasteiger partial charge in [-0.2, -0.15) is 0 Å². The Balaban J connectivity index is 4.54. The molecule has 0 rings (SSSR count). The van der Waals surface area contributed by atoms with Crippen molar-refractivity contribution < 1.29 is 24.5 Å². The molecule has 366 valence electrons. The Hall–Kier alpha value is -1.66. The first-order chi connectivity index (χ1) is 30.5. The highest BCUT2D eigenvalue weighted by atomic mass is 16.5. The van der Waals surface area contributed by atoms with Crippen molar-refractivity contribution in [2.24, 2.45) is 0 Å². The van der Waals surface area contributed by atoms with Crippen LogP contribution in [0.1, 0.15) is 297 Å². The van der Waals surface area contributed by atoms with Gasteiger partial charge >= 0.3 is 5.97 Å². The SMILES string of the molecule is CC/C=C/C/C=C/CCCCCCCCCC(=O)OC(CCCCCCCCCCCCCCCCCCC)CC(=O)NC(CO)C(O)CCCCCCCCCCCCCC. The third-order valence-electron chi connectivity index (χ3n) is 12.8. The summed E-state index contributed by atoms with van der Waals surface area (Å²) in [6.45, 7) is 6.41. The fraction of sp³-hybridized carbons (Fsp3) is 0.893. The van der Waals surface area contributed by atoms with Gasteiger partial charge in [0.25, 0.3) is 0 Å². The van der Waals surface area contributed by atoms with Crippen LogP contribution in [0, 0.1) is 0 Å². The van der Waals surface area contributed by atoms with Crippen LogP contribution in [0.3, 0.4) is 0 Å². The molecule has 3 atom stereocenters.